The van der Waals surface area contributed by atoms with E-state index >= 15 is 0 Å². The van der Waals surface area contributed by atoms with E-state index in [4.69, 9.17) is 5.73 Å². The Morgan fingerprint density at radius 2 is 1.86 bits per heavy atom. The molecule has 114 valence electrons. The third-order valence-electron chi connectivity index (χ3n) is 3.44. The van der Waals surface area contributed by atoms with E-state index in [0.717, 1.165) is 16.6 Å². The molecule has 0 saturated carbocycles. The highest BCUT2D eigenvalue weighted by molar-refractivity contribution is 9.10. The van der Waals surface area contributed by atoms with Gasteiger partial charge in [0.2, 0.25) is 0 Å². The zero-order chi connectivity index (χ0) is 15.4. The molecule has 2 rings (SSSR count). The summed E-state index contributed by atoms with van der Waals surface area (Å²) in [5.74, 6) is 1.01. The van der Waals surface area contributed by atoms with Crippen LogP contribution in [0.25, 0.3) is 0 Å². The lowest BCUT2D eigenvalue weighted by molar-refractivity contribution is 0.639. The Kier molecular flexibility index (Phi) is 6.35. The lowest BCUT2D eigenvalue weighted by Crippen LogP contribution is -2.25. The van der Waals surface area contributed by atoms with Gasteiger partial charge in [0.15, 0.2) is 0 Å². The van der Waals surface area contributed by atoms with E-state index in [1.807, 2.05) is 11.8 Å². The SMILES string of the molecule is CCC(N)C(SCc1cc(C)cc(C)c1)c1cc(Br)cs1. The van der Waals surface area contributed by atoms with Crippen LogP contribution in [-0.2, 0) is 5.75 Å². The van der Waals surface area contributed by atoms with Gasteiger partial charge in [-0.15, -0.1) is 23.1 Å². The van der Waals surface area contributed by atoms with Crippen molar-refractivity contribution in [2.75, 3.05) is 0 Å². The van der Waals surface area contributed by atoms with E-state index in [9.17, 15) is 0 Å². The first-order valence-electron chi connectivity index (χ1n) is 7.18. The molecule has 2 aromatic rings. The van der Waals surface area contributed by atoms with Gasteiger partial charge in [-0.25, -0.2) is 0 Å². The van der Waals surface area contributed by atoms with Crippen LogP contribution in [0.4, 0.5) is 0 Å². The smallest absolute Gasteiger partial charge is 0.0545 e. The molecule has 1 aromatic heterocycles. The summed E-state index contributed by atoms with van der Waals surface area (Å²) < 4.78 is 1.16. The number of benzene rings is 1. The molecule has 0 radical (unpaired) electrons. The maximum atomic E-state index is 6.35. The van der Waals surface area contributed by atoms with Crippen LogP contribution < -0.4 is 5.73 Å². The summed E-state index contributed by atoms with van der Waals surface area (Å²) in [6.07, 6.45) is 1.00. The molecule has 4 heteroatoms. The molecule has 1 aromatic carbocycles. The second kappa shape index (κ2) is 7.82. The summed E-state index contributed by atoms with van der Waals surface area (Å²) in [6.45, 7) is 6.48. The molecule has 1 heterocycles. The van der Waals surface area contributed by atoms with Gasteiger partial charge in [0, 0.05) is 26.5 Å². The van der Waals surface area contributed by atoms with Gasteiger partial charge in [0.25, 0.3) is 0 Å². The Bertz CT molecular complexity index is 574. The molecule has 2 atom stereocenters. The first-order valence-corrected chi connectivity index (χ1v) is 9.90. The summed E-state index contributed by atoms with van der Waals surface area (Å²) in [5.41, 5.74) is 10.4. The lowest BCUT2D eigenvalue weighted by atomic mass is 10.1. The van der Waals surface area contributed by atoms with Crippen molar-refractivity contribution < 1.29 is 0 Å². The molecule has 1 nitrogen and oxygen atoms in total. The van der Waals surface area contributed by atoms with Gasteiger partial charge in [-0.3, -0.25) is 0 Å². The van der Waals surface area contributed by atoms with Crippen LogP contribution in [0.5, 0.6) is 0 Å². The molecule has 2 N–H and O–H groups in total. The first kappa shape index (κ1) is 17.1. The summed E-state index contributed by atoms with van der Waals surface area (Å²) in [5, 5.41) is 2.51. The van der Waals surface area contributed by atoms with E-state index in [1.54, 1.807) is 11.3 Å². The Hall–Kier alpha value is -0.290. The van der Waals surface area contributed by atoms with Crippen LogP contribution in [0.2, 0.25) is 0 Å². The fraction of sp³-hybridized carbons (Fsp3) is 0.412. The van der Waals surface area contributed by atoms with Crippen molar-refractivity contribution >= 4 is 39.0 Å². The first-order chi connectivity index (χ1) is 9.99. The number of halogens is 1. The van der Waals surface area contributed by atoms with E-state index in [2.05, 4.69) is 66.3 Å². The number of hydrogen-bond acceptors (Lipinski definition) is 3. The molecule has 0 aliphatic carbocycles. The molecule has 21 heavy (non-hydrogen) atoms. The molecule has 0 bridgehead atoms. The van der Waals surface area contributed by atoms with Crippen LogP contribution in [0.3, 0.4) is 0 Å². The van der Waals surface area contributed by atoms with Gasteiger partial charge in [0.05, 0.1) is 5.25 Å². The monoisotopic (exact) mass is 383 g/mol. The second-order valence-electron chi connectivity index (χ2n) is 5.47. The normalized spacial score (nSPS) is 14.1. The number of hydrogen-bond donors (Lipinski definition) is 1. The van der Waals surface area contributed by atoms with Crippen LogP contribution >= 0.6 is 39.0 Å². The Morgan fingerprint density at radius 3 is 2.38 bits per heavy atom. The van der Waals surface area contributed by atoms with Crippen LogP contribution in [0.1, 0.15) is 40.2 Å². The fourth-order valence-corrected chi connectivity index (χ4v) is 5.53. The highest BCUT2D eigenvalue weighted by Gasteiger charge is 2.21. The highest BCUT2D eigenvalue weighted by atomic mass is 79.9. The van der Waals surface area contributed by atoms with Crippen molar-refractivity contribution in [1.82, 2.24) is 0 Å². The van der Waals surface area contributed by atoms with Gasteiger partial charge in [0.1, 0.15) is 0 Å². The molecule has 0 aliphatic rings. The molecule has 0 aliphatic heterocycles. The zero-order valence-corrected chi connectivity index (χ0v) is 15.9. The van der Waals surface area contributed by atoms with E-state index in [-0.39, 0.29) is 6.04 Å². The predicted octanol–water partition coefficient (Wildman–Crippen LogP) is 5.84. The minimum Gasteiger partial charge on any atom is -0.326 e. The predicted molar refractivity (Wildman–Crippen MR) is 100 cm³/mol. The Morgan fingerprint density at radius 1 is 1.19 bits per heavy atom. The number of aryl methyl sites for hydroxylation is 2. The maximum Gasteiger partial charge on any atom is 0.0545 e. The third-order valence-corrected chi connectivity index (χ3v) is 6.83. The van der Waals surface area contributed by atoms with Crippen molar-refractivity contribution in [3.8, 4) is 0 Å². The van der Waals surface area contributed by atoms with Crippen molar-refractivity contribution in [2.45, 2.75) is 44.2 Å². The van der Waals surface area contributed by atoms with E-state index in [0.29, 0.717) is 5.25 Å². The maximum absolute atomic E-state index is 6.35. The average molecular weight is 384 g/mol. The van der Waals surface area contributed by atoms with Crippen LogP contribution in [-0.4, -0.2) is 6.04 Å². The number of nitrogens with two attached hydrogens (primary N) is 1. The zero-order valence-electron chi connectivity index (χ0n) is 12.7. The second-order valence-corrected chi connectivity index (χ2v) is 8.46. The molecular weight excluding hydrogens is 362 g/mol. The van der Waals surface area contributed by atoms with Crippen molar-refractivity contribution in [3.05, 3.63) is 55.7 Å². The number of thiophene rings is 1. The van der Waals surface area contributed by atoms with Crippen LogP contribution in [0, 0.1) is 13.8 Å². The summed E-state index contributed by atoms with van der Waals surface area (Å²) in [7, 11) is 0. The third kappa shape index (κ3) is 4.85. The quantitative estimate of drug-likeness (QED) is 0.677. The number of rotatable bonds is 6. The minimum atomic E-state index is 0.200. The minimum absolute atomic E-state index is 0.200. The number of thioether (sulfide) groups is 1. The van der Waals surface area contributed by atoms with Crippen molar-refractivity contribution in [2.24, 2.45) is 5.73 Å². The topological polar surface area (TPSA) is 26.0 Å². The summed E-state index contributed by atoms with van der Waals surface area (Å²) in [6, 6.07) is 9.18. The summed E-state index contributed by atoms with van der Waals surface area (Å²) in [4.78, 5) is 1.37. The van der Waals surface area contributed by atoms with Gasteiger partial charge in [-0.05, 0) is 47.8 Å². The average Bonchev–Trinajstić information content (AvgIpc) is 2.84. The van der Waals surface area contributed by atoms with Crippen molar-refractivity contribution in [3.63, 3.8) is 0 Å². The fourth-order valence-electron chi connectivity index (χ4n) is 2.45. The van der Waals surface area contributed by atoms with Gasteiger partial charge in [-0.1, -0.05) is 36.2 Å². The van der Waals surface area contributed by atoms with Gasteiger partial charge < -0.3 is 5.73 Å². The van der Waals surface area contributed by atoms with Crippen LogP contribution in [0.15, 0.2) is 34.1 Å². The Labute approximate surface area is 144 Å². The van der Waals surface area contributed by atoms with Crippen molar-refractivity contribution in [1.29, 1.82) is 0 Å². The molecule has 2 unspecified atom stereocenters. The molecule has 0 fully saturated rings. The molecule has 0 spiro atoms. The van der Waals surface area contributed by atoms with Gasteiger partial charge in [-0.2, -0.15) is 0 Å². The summed E-state index contributed by atoms with van der Waals surface area (Å²) >= 11 is 7.30. The standard InChI is InChI=1S/C17H22BrNS2/c1-4-15(19)17(16-8-14(18)10-20-16)21-9-13-6-11(2)5-12(3)7-13/h5-8,10,15,17H,4,9,19H2,1-3H3. The highest BCUT2D eigenvalue weighted by Crippen LogP contribution is 2.39. The molecule has 0 amide bonds. The van der Waals surface area contributed by atoms with Gasteiger partial charge >= 0.3 is 0 Å². The Balaban J connectivity index is 2.12. The van der Waals surface area contributed by atoms with E-state index in [1.165, 1.54) is 21.6 Å². The molecule has 0 saturated heterocycles. The largest absolute Gasteiger partial charge is 0.326 e. The lowest BCUT2D eigenvalue weighted by Gasteiger charge is -2.21. The van der Waals surface area contributed by atoms with E-state index < -0.39 is 0 Å². The molecular formula is C17H22BrNS2.